The number of rotatable bonds is 5. The zero-order valence-electron chi connectivity index (χ0n) is 17.3. The second-order valence-corrected chi connectivity index (χ2v) is 7.18. The molecule has 3 aromatic rings. The number of fused-ring (bicyclic) bond motifs is 1. The van der Waals surface area contributed by atoms with Crippen LogP contribution in [0.2, 0.25) is 0 Å². The number of allylic oxidation sites excluding steroid dienone is 1. The summed E-state index contributed by atoms with van der Waals surface area (Å²) in [6.07, 6.45) is 2.34. The van der Waals surface area contributed by atoms with E-state index in [0.29, 0.717) is 28.9 Å². The summed E-state index contributed by atoms with van der Waals surface area (Å²) < 4.78 is 0. The van der Waals surface area contributed by atoms with Crippen LogP contribution in [0.15, 0.2) is 35.1 Å². The van der Waals surface area contributed by atoms with Crippen molar-refractivity contribution >= 4 is 34.2 Å². The van der Waals surface area contributed by atoms with E-state index in [1.165, 1.54) is 0 Å². The minimum atomic E-state index is -0.0997. The number of nitrogens with zero attached hydrogens (tertiary/aromatic N) is 5. The van der Waals surface area contributed by atoms with E-state index in [2.05, 4.69) is 21.0 Å². The number of hydrogen-bond acceptors (Lipinski definition) is 6. The van der Waals surface area contributed by atoms with Gasteiger partial charge in [-0.15, -0.1) is 0 Å². The monoisotopic (exact) mass is 388 g/mol. The zero-order valence-corrected chi connectivity index (χ0v) is 17.3. The molecule has 0 bridgehead atoms. The molecule has 0 aliphatic heterocycles. The van der Waals surface area contributed by atoms with Crippen LogP contribution in [0.1, 0.15) is 23.9 Å². The molecule has 0 amide bonds. The molecule has 0 aliphatic carbocycles. The molecule has 148 valence electrons. The van der Waals surface area contributed by atoms with Crippen LogP contribution in [0, 0.1) is 11.3 Å². The van der Waals surface area contributed by atoms with Crippen LogP contribution in [-0.2, 0) is 6.42 Å². The van der Waals surface area contributed by atoms with Gasteiger partial charge in [0, 0.05) is 51.4 Å². The predicted octanol–water partition coefficient (Wildman–Crippen LogP) is 3.08. The molecule has 0 radical (unpaired) electrons. The zero-order chi connectivity index (χ0) is 21.1. The predicted molar refractivity (Wildman–Crippen MR) is 118 cm³/mol. The molecule has 2 heterocycles. The number of aromatic nitrogens is 3. The summed E-state index contributed by atoms with van der Waals surface area (Å²) in [5, 5.41) is 10.7. The average molecular weight is 388 g/mol. The number of nitrogens with one attached hydrogen (secondary N) is 1. The fraction of sp³-hybridized carbons (Fsp3) is 0.273. The highest BCUT2D eigenvalue weighted by molar-refractivity contribution is 5.92. The Morgan fingerprint density at radius 2 is 1.76 bits per heavy atom. The van der Waals surface area contributed by atoms with Gasteiger partial charge in [-0.1, -0.05) is 19.1 Å². The van der Waals surface area contributed by atoms with E-state index in [-0.39, 0.29) is 5.56 Å². The lowest BCUT2D eigenvalue weighted by atomic mass is 10.0. The van der Waals surface area contributed by atoms with Gasteiger partial charge in [0.2, 0.25) is 0 Å². The summed E-state index contributed by atoms with van der Waals surface area (Å²) in [5.41, 5.74) is 2.46. The quantitative estimate of drug-likeness (QED) is 0.676. The van der Waals surface area contributed by atoms with Crippen molar-refractivity contribution in [3.05, 3.63) is 57.6 Å². The third-order valence-electron chi connectivity index (χ3n) is 4.64. The van der Waals surface area contributed by atoms with Crippen molar-refractivity contribution in [1.29, 1.82) is 5.26 Å². The first kappa shape index (κ1) is 20.1. The minimum absolute atomic E-state index is 0.0997. The molecule has 1 N–H and O–H groups in total. The van der Waals surface area contributed by atoms with Crippen molar-refractivity contribution in [3.8, 4) is 6.07 Å². The number of hydrogen-bond donors (Lipinski definition) is 1. The third-order valence-corrected chi connectivity index (χ3v) is 4.64. The maximum atomic E-state index is 12.1. The Morgan fingerprint density at radius 3 is 2.31 bits per heavy atom. The van der Waals surface area contributed by atoms with Gasteiger partial charge in [-0.05, 0) is 29.5 Å². The van der Waals surface area contributed by atoms with E-state index in [4.69, 9.17) is 0 Å². The maximum absolute atomic E-state index is 12.1. The molecule has 0 saturated heterocycles. The van der Waals surface area contributed by atoms with Crippen molar-refractivity contribution < 1.29 is 0 Å². The van der Waals surface area contributed by atoms with Crippen LogP contribution < -0.4 is 15.4 Å². The van der Waals surface area contributed by atoms with E-state index in [0.717, 1.165) is 22.6 Å². The molecule has 0 saturated carbocycles. The summed E-state index contributed by atoms with van der Waals surface area (Å²) in [4.78, 5) is 27.9. The number of aromatic amines is 1. The van der Waals surface area contributed by atoms with Gasteiger partial charge in [0.25, 0.3) is 5.56 Å². The van der Waals surface area contributed by atoms with E-state index >= 15 is 0 Å². The van der Waals surface area contributed by atoms with E-state index < -0.39 is 0 Å². The standard InChI is InChI=1S/C22H24N6O/c1-6-14-9-16-8-7-15(10-18(16)24-22(14)29)17(13-23)11-19-25-20(27(2)3)12-21(26-19)28(4)5/h7-12H,6H2,1-5H3,(H,24,29)/b17-11+. The number of H-pyrrole nitrogens is 1. The normalized spacial score (nSPS) is 11.4. The molecular formula is C22H24N6O. The van der Waals surface area contributed by atoms with Crippen molar-refractivity contribution in [3.63, 3.8) is 0 Å². The second-order valence-electron chi connectivity index (χ2n) is 7.18. The van der Waals surface area contributed by atoms with Gasteiger partial charge in [-0.3, -0.25) is 4.79 Å². The SMILES string of the molecule is CCc1cc2ccc(/C(C#N)=C/c3nc(N(C)C)cc(N(C)C)n3)cc2[nH]c1=O. The molecule has 2 aromatic heterocycles. The fourth-order valence-electron chi connectivity index (χ4n) is 2.95. The highest BCUT2D eigenvalue weighted by Gasteiger charge is 2.10. The molecule has 7 heteroatoms. The summed E-state index contributed by atoms with van der Waals surface area (Å²) in [6, 6.07) is 11.6. The Morgan fingerprint density at radius 1 is 1.10 bits per heavy atom. The molecular weight excluding hydrogens is 364 g/mol. The van der Waals surface area contributed by atoms with Crippen LogP contribution >= 0.6 is 0 Å². The van der Waals surface area contributed by atoms with Crippen LogP contribution in [0.25, 0.3) is 22.6 Å². The Bertz CT molecular complexity index is 1160. The summed E-state index contributed by atoms with van der Waals surface area (Å²) >= 11 is 0. The highest BCUT2D eigenvalue weighted by atomic mass is 16.1. The van der Waals surface area contributed by atoms with Crippen molar-refractivity contribution in [2.75, 3.05) is 38.0 Å². The molecule has 1 aromatic carbocycles. The van der Waals surface area contributed by atoms with Gasteiger partial charge in [0.1, 0.15) is 11.6 Å². The second kappa shape index (κ2) is 8.15. The lowest BCUT2D eigenvalue weighted by Crippen LogP contribution is -2.16. The topological polar surface area (TPSA) is 88.9 Å². The van der Waals surface area contributed by atoms with E-state index in [1.807, 2.05) is 75.2 Å². The largest absolute Gasteiger partial charge is 0.363 e. The molecule has 0 spiro atoms. The molecule has 0 atom stereocenters. The Hall–Kier alpha value is -3.66. The Labute approximate surface area is 169 Å². The van der Waals surface area contributed by atoms with E-state index in [9.17, 15) is 10.1 Å². The Balaban J connectivity index is 2.11. The first-order chi connectivity index (χ1) is 13.8. The van der Waals surface area contributed by atoms with Gasteiger partial charge in [0.05, 0.1) is 11.6 Å². The lowest BCUT2D eigenvalue weighted by molar-refractivity contribution is 0.987. The lowest BCUT2D eigenvalue weighted by Gasteiger charge is -2.17. The first-order valence-corrected chi connectivity index (χ1v) is 9.34. The van der Waals surface area contributed by atoms with Gasteiger partial charge < -0.3 is 14.8 Å². The number of nitriles is 1. The van der Waals surface area contributed by atoms with Gasteiger partial charge >= 0.3 is 0 Å². The third kappa shape index (κ3) is 4.27. The van der Waals surface area contributed by atoms with E-state index in [1.54, 1.807) is 6.08 Å². The van der Waals surface area contributed by atoms with Crippen LogP contribution in [0.5, 0.6) is 0 Å². The van der Waals surface area contributed by atoms with Crippen LogP contribution in [-0.4, -0.2) is 43.1 Å². The fourth-order valence-corrected chi connectivity index (χ4v) is 2.95. The summed E-state index contributed by atoms with van der Waals surface area (Å²) in [7, 11) is 7.63. The van der Waals surface area contributed by atoms with Crippen molar-refractivity contribution in [1.82, 2.24) is 15.0 Å². The number of benzene rings is 1. The average Bonchev–Trinajstić information content (AvgIpc) is 2.70. The molecule has 7 nitrogen and oxygen atoms in total. The number of aryl methyl sites for hydroxylation is 1. The molecule has 0 aliphatic rings. The maximum Gasteiger partial charge on any atom is 0.251 e. The number of pyridine rings is 1. The van der Waals surface area contributed by atoms with Crippen molar-refractivity contribution in [2.45, 2.75) is 13.3 Å². The smallest absolute Gasteiger partial charge is 0.251 e. The van der Waals surface area contributed by atoms with Gasteiger partial charge in [-0.25, -0.2) is 9.97 Å². The molecule has 3 rings (SSSR count). The molecule has 0 fully saturated rings. The minimum Gasteiger partial charge on any atom is -0.363 e. The summed E-state index contributed by atoms with van der Waals surface area (Å²) in [5.74, 6) is 1.95. The molecule has 0 unspecified atom stereocenters. The van der Waals surface area contributed by atoms with Crippen LogP contribution in [0.4, 0.5) is 11.6 Å². The van der Waals surface area contributed by atoms with Gasteiger partial charge in [-0.2, -0.15) is 5.26 Å². The highest BCUT2D eigenvalue weighted by Crippen LogP contribution is 2.23. The summed E-state index contributed by atoms with van der Waals surface area (Å²) in [6.45, 7) is 1.95. The Kier molecular flexibility index (Phi) is 5.64. The van der Waals surface area contributed by atoms with Crippen LogP contribution in [0.3, 0.4) is 0 Å². The van der Waals surface area contributed by atoms with Gasteiger partial charge in [0.15, 0.2) is 5.82 Å². The first-order valence-electron chi connectivity index (χ1n) is 9.34. The number of anilines is 2. The molecule has 29 heavy (non-hydrogen) atoms. The van der Waals surface area contributed by atoms with Crippen molar-refractivity contribution in [2.24, 2.45) is 0 Å².